The molecule has 1 heterocycles. The largest absolute Gasteiger partial charge is 0.340 e. The van der Waals surface area contributed by atoms with Gasteiger partial charge in [-0.05, 0) is 0 Å². The van der Waals surface area contributed by atoms with Crippen LogP contribution in [0.5, 0.6) is 0 Å². The molecule has 74 valence electrons. The van der Waals surface area contributed by atoms with E-state index < -0.39 is 0 Å². The summed E-state index contributed by atoms with van der Waals surface area (Å²) in [6.07, 6.45) is 0.249. The monoisotopic (exact) mass is 217 g/mol. The fourth-order valence-corrected chi connectivity index (χ4v) is 1.52. The first-order valence-electron chi connectivity index (χ1n) is 4.48. The molecule has 1 aromatic heterocycles. The maximum Gasteiger partial charge on any atom is 0.151 e. The number of H-pyrrole nitrogens is 1. The van der Waals surface area contributed by atoms with Crippen molar-refractivity contribution in [2.75, 3.05) is 0 Å². The van der Waals surface area contributed by atoms with E-state index in [2.05, 4.69) is 9.97 Å². The second-order valence-electron chi connectivity index (χ2n) is 3.06. The summed E-state index contributed by atoms with van der Waals surface area (Å²) in [7, 11) is 0. The maximum atomic E-state index is 8.57. The highest BCUT2D eigenvalue weighted by molar-refractivity contribution is 6.30. The average molecular weight is 218 g/mol. The van der Waals surface area contributed by atoms with Crippen LogP contribution >= 0.6 is 11.6 Å². The minimum Gasteiger partial charge on any atom is -0.340 e. The van der Waals surface area contributed by atoms with Gasteiger partial charge in [-0.2, -0.15) is 5.26 Å². The highest BCUT2D eigenvalue weighted by Crippen LogP contribution is 2.21. The molecule has 2 aromatic rings. The third kappa shape index (κ3) is 2.00. The minimum absolute atomic E-state index is 0.249. The van der Waals surface area contributed by atoms with Crippen molar-refractivity contribution in [1.82, 2.24) is 9.97 Å². The molecule has 1 aromatic carbocycles. The van der Waals surface area contributed by atoms with Crippen LogP contribution in [0.2, 0.25) is 5.15 Å². The molecule has 0 saturated heterocycles. The fraction of sp³-hybridized carbons (Fsp3) is 0.0909. The molecular formula is C11H8ClN3. The summed E-state index contributed by atoms with van der Waals surface area (Å²) in [5, 5.41) is 8.94. The summed E-state index contributed by atoms with van der Waals surface area (Å²) < 4.78 is 0. The number of nitriles is 1. The third-order valence-corrected chi connectivity index (χ3v) is 2.34. The summed E-state index contributed by atoms with van der Waals surface area (Å²) in [4.78, 5) is 7.19. The van der Waals surface area contributed by atoms with E-state index in [0.717, 1.165) is 5.56 Å². The van der Waals surface area contributed by atoms with Gasteiger partial charge in [-0.3, -0.25) is 0 Å². The lowest BCUT2D eigenvalue weighted by atomic mass is 10.2. The molecule has 4 heteroatoms. The molecule has 3 nitrogen and oxygen atoms in total. The van der Waals surface area contributed by atoms with Crippen molar-refractivity contribution in [3.63, 3.8) is 0 Å². The van der Waals surface area contributed by atoms with Gasteiger partial charge in [0.15, 0.2) is 5.15 Å². The van der Waals surface area contributed by atoms with Crippen LogP contribution in [-0.4, -0.2) is 9.97 Å². The Kier molecular flexibility index (Phi) is 2.70. The van der Waals surface area contributed by atoms with Gasteiger partial charge in [0.05, 0.1) is 18.2 Å². The standard InChI is InChI=1S/C11H8ClN3/c12-10-9(6-7-13)14-11(15-10)8-4-2-1-3-5-8/h1-5H,6H2,(H,14,15). The number of nitrogens with zero attached hydrogens (tertiary/aromatic N) is 2. The molecule has 0 unspecified atom stereocenters. The molecule has 0 fully saturated rings. The van der Waals surface area contributed by atoms with Crippen molar-refractivity contribution in [3.05, 3.63) is 41.2 Å². The van der Waals surface area contributed by atoms with Gasteiger partial charge in [0.1, 0.15) is 5.82 Å². The molecule has 15 heavy (non-hydrogen) atoms. The van der Waals surface area contributed by atoms with Gasteiger partial charge in [0.25, 0.3) is 0 Å². The van der Waals surface area contributed by atoms with E-state index in [1.807, 2.05) is 36.4 Å². The van der Waals surface area contributed by atoms with Crippen LogP contribution < -0.4 is 0 Å². The lowest BCUT2D eigenvalue weighted by molar-refractivity contribution is 1.16. The van der Waals surface area contributed by atoms with Crippen LogP contribution in [0.25, 0.3) is 11.4 Å². The number of hydrogen-bond donors (Lipinski definition) is 1. The number of rotatable bonds is 2. The molecule has 0 spiro atoms. The van der Waals surface area contributed by atoms with Crippen LogP contribution in [0.15, 0.2) is 30.3 Å². The number of aromatic amines is 1. The molecule has 0 aliphatic carbocycles. The molecule has 2 rings (SSSR count). The van der Waals surface area contributed by atoms with E-state index in [1.54, 1.807) is 0 Å². The number of hydrogen-bond acceptors (Lipinski definition) is 2. The summed E-state index contributed by atoms with van der Waals surface area (Å²) in [5.74, 6) is 0.700. The zero-order valence-electron chi connectivity index (χ0n) is 7.87. The van der Waals surface area contributed by atoms with E-state index >= 15 is 0 Å². The van der Waals surface area contributed by atoms with Crippen molar-refractivity contribution < 1.29 is 0 Å². The van der Waals surface area contributed by atoms with E-state index in [-0.39, 0.29) is 6.42 Å². The quantitative estimate of drug-likeness (QED) is 0.841. The lowest BCUT2D eigenvalue weighted by Gasteiger charge is -1.93. The van der Waals surface area contributed by atoms with Gasteiger partial charge >= 0.3 is 0 Å². The number of aromatic nitrogens is 2. The Hall–Kier alpha value is -1.79. The highest BCUT2D eigenvalue weighted by atomic mass is 35.5. The summed E-state index contributed by atoms with van der Waals surface area (Å²) in [5.41, 5.74) is 1.63. The second-order valence-corrected chi connectivity index (χ2v) is 3.41. The van der Waals surface area contributed by atoms with E-state index in [4.69, 9.17) is 16.9 Å². The van der Waals surface area contributed by atoms with Crippen molar-refractivity contribution >= 4 is 11.6 Å². The number of imidazole rings is 1. The Morgan fingerprint density at radius 1 is 1.33 bits per heavy atom. The van der Waals surface area contributed by atoms with Crippen molar-refractivity contribution in [3.8, 4) is 17.5 Å². The normalized spacial score (nSPS) is 9.87. The SMILES string of the molecule is N#CCc1[nH]c(-c2ccccc2)nc1Cl. The smallest absolute Gasteiger partial charge is 0.151 e. The fourth-order valence-electron chi connectivity index (χ4n) is 1.32. The first kappa shape index (κ1) is 9.75. The lowest BCUT2D eigenvalue weighted by Crippen LogP contribution is -1.82. The van der Waals surface area contributed by atoms with Gasteiger partial charge < -0.3 is 4.98 Å². The Balaban J connectivity index is 2.40. The van der Waals surface area contributed by atoms with Crippen LogP contribution in [0, 0.1) is 11.3 Å². The molecule has 0 bridgehead atoms. The summed E-state index contributed by atoms with van der Waals surface area (Å²) >= 11 is 5.88. The van der Waals surface area contributed by atoms with Crippen molar-refractivity contribution in [1.29, 1.82) is 5.26 Å². The number of nitrogens with one attached hydrogen (secondary N) is 1. The predicted molar refractivity (Wildman–Crippen MR) is 58.4 cm³/mol. The van der Waals surface area contributed by atoms with Crippen LogP contribution in [0.1, 0.15) is 5.69 Å². The van der Waals surface area contributed by atoms with Crippen LogP contribution in [-0.2, 0) is 6.42 Å². The third-order valence-electron chi connectivity index (χ3n) is 2.03. The minimum atomic E-state index is 0.249. The van der Waals surface area contributed by atoms with Gasteiger partial charge in [0, 0.05) is 5.56 Å². The van der Waals surface area contributed by atoms with Gasteiger partial charge in [-0.15, -0.1) is 0 Å². The topological polar surface area (TPSA) is 52.5 Å². The summed E-state index contributed by atoms with van der Waals surface area (Å²) in [6.45, 7) is 0. The van der Waals surface area contributed by atoms with Gasteiger partial charge in [-0.25, -0.2) is 4.98 Å². The van der Waals surface area contributed by atoms with Crippen molar-refractivity contribution in [2.24, 2.45) is 0 Å². The molecule has 0 saturated carbocycles. The Labute approximate surface area is 92.3 Å². The number of benzene rings is 1. The van der Waals surface area contributed by atoms with Crippen LogP contribution in [0.3, 0.4) is 0 Å². The van der Waals surface area contributed by atoms with E-state index in [9.17, 15) is 0 Å². The molecule has 0 aliphatic heterocycles. The Morgan fingerprint density at radius 3 is 2.73 bits per heavy atom. The molecule has 1 N–H and O–H groups in total. The average Bonchev–Trinajstić information content (AvgIpc) is 2.63. The Bertz CT molecular complexity index is 496. The zero-order valence-corrected chi connectivity index (χ0v) is 8.62. The zero-order chi connectivity index (χ0) is 10.7. The molecule has 0 radical (unpaired) electrons. The molecule has 0 amide bonds. The second kappa shape index (κ2) is 4.16. The predicted octanol–water partition coefficient (Wildman–Crippen LogP) is 2.80. The van der Waals surface area contributed by atoms with Crippen LogP contribution in [0.4, 0.5) is 0 Å². The molecule has 0 aliphatic rings. The Morgan fingerprint density at radius 2 is 2.07 bits per heavy atom. The first-order chi connectivity index (χ1) is 7.31. The number of halogens is 1. The first-order valence-corrected chi connectivity index (χ1v) is 4.86. The molecular weight excluding hydrogens is 210 g/mol. The van der Waals surface area contributed by atoms with Gasteiger partial charge in [-0.1, -0.05) is 41.9 Å². The van der Waals surface area contributed by atoms with E-state index in [0.29, 0.717) is 16.7 Å². The molecule has 0 atom stereocenters. The van der Waals surface area contributed by atoms with E-state index in [1.165, 1.54) is 0 Å². The summed E-state index contributed by atoms with van der Waals surface area (Å²) in [6, 6.07) is 11.7. The van der Waals surface area contributed by atoms with Crippen molar-refractivity contribution in [2.45, 2.75) is 6.42 Å². The highest BCUT2D eigenvalue weighted by Gasteiger charge is 2.08. The van der Waals surface area contributed by atoms with Gasteiger partial charge in [0.2, 0.25) is 0 Å². The maximum absolute atomic E-state index is 8.57.